The molecule has 2 heterocycles. The van der Waals surface area contributed by atoms with Crippen LogP contribution in [0.25, 0.3) is 21.7 Å². The average molecular weight is 452 g/mol. The molecule has 0 aliphatic heterocycles. The molecule has 1 saturated carbocycles. The minimum Gasteiger partial charge on any atom is -0.357 e. The number of carbonyl (C=O) groups excluding carboxylic acids is 1. The van der Waals surface area contributed by atoms with Gasteiger partial charge in [-0.3, -0.25) is 4.79 Å². The van der Waals surface area contributed by atoms with Crippen LogP contribution in [0.2, 0.25) is 0 Å². The molecule has 2 atom stereocenters. The average Bonchev–Trinajstić information content (AvgIpc) is 3.52. The van der Waals surface area contributed by atoms with E-state index in [0.717, 1.165) is 34.6 Å². The lowest BCUT2D eigenvalue weighted by molar-refractivity contribution is 0.0728. The van der Waals surface area contributed by atoms with Crippen molar-refractivity contribution in [2.24, 2.45) is 0 Å². The van der Waals surface area contributed by atoms with Crippen LogP contribution >= 0.6 is 11.3 Å². The van der Waals surface area contributed by atoms with E-state index in [0.29, 0.717) is 22.8 Å². The van der Waals surface area contributed by atoms with Crippen LogP contribution < -0.4 is 5.32 Å². The largest absolute Gasteiger partial charge is 0.357 e. The predicted molar refractivity (Wildman–Crippen MR) is 121 cm³/mol. The fourth-order valence-corrected chi connectivity index (χ4v) is 5.25. The van der Waals surface area contributed by atoms with Crippen LogP contribution in [-0.2, 0) is 0 Å². The second-order valence-corrected chi connectivity index (χ2v) is 9.02. The number of aryl methyl sites for hydroxylation is 1. The van der Waals surface area contributed by atoms with Gasteiger partial charge in [0.2, 0.25) is 0 Å². The first-order valence-electron chi connectivity index (χ1n) is 10.5. The number of fused-ring (bicyclic) bond motifs is 1. The number of hydrogen-bond acceptors (Lipinski definition) is 7. The Balaban J connectivity index is 1.37. The van der Waals surface area contributed by atoms with Gasteiger partial charge in [-0.15, -0.1) is 0 Å². The van der Waals surface area contributed by atoms with Crippen LogP contribution in [0, 0.1) is 12.7 Å². The van der Waals surface area contributed by atoms with Gasteiger partial charge in [0, 0.05) is 13.1 Å². The second-order valence-electron chi connectivity index (χ2n) is 7.99. The van der Waals surface area contributed by atoms with Crippen LogP contribution in [0.15, 0.2) is 47.0 Å². The van der Waals surface area contributed by atoms with Crippen LogP contribution in [0.3, 0.4) is 0 Å². The van der Waals surface area contributed by atoms with E-state index in [2.05, 4.69) is 20.4 Å². The Kier molecular flexibility index (Phi) is 5.34. The number of aromatic nitrogens is 3. The molecule has 9 heteroatoms. The van der Waals surface area contributed by atoms with E-state index >= 15 is 0 Å². The molecule has 5 rings (SSSR count). The first kappa shape index (κ1) is 20.6. The number of nitrogens with zero attached hydrogens (tertiary/aromatic N) is 4. The molecule has 1 fully saturated rings. The maximum Gasteiger partial charge on any atom is 0.258 e. The molecule has 1 aliphatic rings. The molecule has 0 bridgehead atoms. The molecule has 1 amide bonds. The van der Waals surface area contributed by atoms with Crippen molar-refractivity contribution in [3.63, 3.8) is 0 Å². The topological polar surface area (TPSA) is 84.2 Å². The Bertz CT molecular complexity index is 1290. The molecule has 0 saturated heterocycles. The lowest BCUT2D eigenvalue weighted by Crippen LogP contribution is -2.44. The molecular weight excluding hydrogens is 429 g/mol. The third-order valence-electron chi connectivity index (χ3n) is 5.87. The summed E-state index contributed by atoms with van der Waals surface area (Å²) in [5, 5.41) is 8.08. The molecule has 2 aromatic carbocycles. The highest BCUT2D eigenvalue weighted by Crippen LogP contribution is 2.32. The zero-order chi connectivity index (χ0) is 22.2. The van der Waals surface area contributed by atoms with E-state index in [1.807, 2.05) is 25.2 Å². The standard InChI is InChI=1S/C23H22FN5O2S/c1-13-25-21(31-28-13)15-6-3-4-7-16(15)22(30)29(2)19-9-5-8-17(19)26-23-27-18-11-10-14(24)12-20(18)32-23/h3-4,6-7,10-12,17,19H,5,8-9H2,1-2H3,(H,26,27)/t17-,19+/m0/s1. The van der Waals surface area contributed by atoms with Gasteiger partial charge in [-0.25, -0.2) is 9.37 Å². The van der Waals surface area contributed by atoms with E-state index in [1.165, 1.54) is 23.5 Å². The van der Waals surface area contributed by atoms with Crippen molar-refractivity contribution in [2.75, 3.05) is 12.4 Å². The van der Waals surface area contributed by atoms with Crippen molar-refractivity contribution in [1.29, 1.82) is 0 Å². The van der Waals surface area contributed by atoms with Gasteiger partial charge in [0.25, 0.3) is 11.8 Å². The van der Waals surface area contributed by atoms with Gasteiger partial charge in [-0.1, -0.05) is 28.6 Å². The van der Waals surface area contributed by atoms with E-state index < -0.39 is 0 Å². The van der Waals surface area contributed by atoms with Crippen LogP contribution in [-0.4, -0.2) is 45.1 Å². The minimum absolute atomic E-state index is 0.00345. The number of hydrogen-bond donors (Lipinski definition) is 1. The second kappa shape index (κ2) is 8.31. The predicted octanol–water partition coefficient (Wildman–Crippen LogP) is 4.90. The maximum absolute atomic E-state index is 13.5. The SMILES string of the molecule is Cc1noc(-c2ccccc2C(=O)N(C)[C@@H]2CCC[C@@H]2Nc2nc3ccc(F)cc3s2)n1. The fraction of sp³-hybridized carbons (Fsp3) is 0.304. The first-order valence-corrected chi connectivity index (χ1v) is 11.3. The van der Waals surface area contributed by atoms with Crippen molar-refractivity contribution < 1.29 is 13.7 Å². The molecular formula is C23H22FN5O2S. The number of amides is 1. The highest BCUT2D eigenvalue weighted by atomic mass is 32.1. The zero-order valence-corrected chi connectivity index (χ0v) is 18.5. The first-order chi connectivity index (χ1) is 15.5. The highest BCUT2D eigenvalue weighted by molar-refractivity contribution is 7.22. The number of likely N-dealkylation sites (N-methyl/N-ethyl adjacent to an activating group) is 1. The Hall–Kier alpha value is -3.33. The molecule has 0 radical (unpaired) electrons. The van der Waals surface area contributed by atoms with Gasteiger partial charge in [-0.2, -0.15) is 4.98 Å². The molecule has 1 aliphatic carbocycles. The number of thiazole rings is 1. The van der Waals surface area contributed by atoms with Crippen molar-refractivity contribution in [2.45, 2.75) is 38.3 Å². The summed E-state index contributed by atoms with van der Waals surface area (Å²) in [6.07, 6.45) is 2.82. The molecule has 7 nitrogen and oxygen atoms in total. The van der Waals surface area contributed by atoms with Gasteiger partial charge in [0.1, 0.15) is 5.82 Å². The van der Waals surface area contributed by atoms with Crippen molar-refractivity contribution in [3.8, 4) is 11.5 Å². The van der Waals surface area contributed by atoms with Gasteiger partial charge in [0.15, 0.2) is 11.0 Å². The van der Waals surface area contributed by atoms with Gasteiger partial charge < -0.3 is 14.7 Å². The normalized spacial score (nSPS) is 18.2. The number of halogens is 1. The summed E-state index contributed by atoms with van der Waals surface area (Å²) in [6, 6.07) is 11.9. The van der Waals surface area contributed by atoms with E-state index in [1.54, 1.807) is 24.0 Å². The summed E-state index contributed by atoms with van der Waals surface area (Å²) in [5.41, 5.74) is 1.92. The molecule has 32 heavy (non-hydrogen) atoms. The molecule has 164 valence electrons. The molecule has 0 spiro atoms. The monoisotopic (exact) mass is 451 g/mol. The summed E-state index contributed by atoms with van der Waals surface area (Å²) < 4.78 is 19.6. The van der Waals surface area contributed by atoms with Crippen LogP contribution in [0.1, 0.15) is 35.4 Å². The number of anilines is 1. The van der Waals surface area contributed by atoms with Crippen molar-refractivity contribution in [3.05, 3.63) is 59.7 Å². The van der Waals surface area contributed by atoms with Crippen LogP contribution in [0.5, 0.6) is 0 Å². The van der Waals surface area contributed by atoms with Gasteiger partial charge >= 0.3 is 0 Å². The Labute approximate surface area is 188 Å². The van der Waals surface area contributed by atoms with Crippen molar-refractivity contribution >= 4 is 32.6 Å². The van der Waals surface area contributed by atoms with Gasteiger partial charge in [-0.05, 0) is 56.5 Å². The van der Waals surface area contributed by atoms with E-state index in [9.17, 15) is 9.18 Å². The Morgan fingerprint density at radius 3 is 2.88 bits per heavy atom. The number of benzene rings is 2. The minimum atomic E-state index is -0.271. The fourth-order valence-electron chi connectivity index (χ4n) is 4.29. The summed E-state index contributed by atoms with van der Waals surface area (Å²) in [6.45, 7) is 1.74. The number of rotatable bonds is 5. The number of carbonyl (C=O) groups is 1. The van der Waals surface area contributed by atoms with E-state index in [-0.39, 0.29) is 23.8 Å². The smallest absolute Gasteiger partial charge is 0.258 e. The Morgan fingerprint density at radius 1 is 1.22 bits per heavy atom. The summed E-state index contributed by atoms with van der Waals surface area (Å²) in [7, 11) is 1.83. The quantitative estimate of drug-likeness (QED) is 0.465. The Morgan fingerprint density at radius 2 is 2.06 bits per heavy atom. The molecule has 2 aromatic heterocycles. The highest BCUT2D eigenvalue weighted by Gasteiger charge is 2.34. The van der Waals surface area contributed by atoms with E-state index in [4.69, 9.17) is 4.52 Å². The third kappa shape index (κ3) is 3.84. The zero-order valence-electron chi connectivity index (χ0n) is 17.7. The lowest BCUT2D eigenvalue weighted by Gasteiger charge is -2.30. The lowest BCUT2D eigenvalue weighted by atomic mass is 10.0. The molecule has 0 unspecified atom stereocenters. The van der Waals surface area contributed by atoms with Gasteiger partial charge in [0.05, 0.1) is 27.4 Å². The molecule has 4 aromatic rings. The summed E-state index contributed by atoms with van der Waals surface area (Å²) in [4.78, 5) is 24.1. The summed E-state index contributed by atoms with van der Waals surface area (Å²) >= 11 is 1.43. The third-order valence-corrected chi connectivity index (χ3v) is 6.82. The van der Waals surface area contributed by atoms with Crippen LogP contribution in [0.4, 0.5) is 9.52 Å². The molecule has 1 N–H and O–H groups in total. The summed E-state index contributed by atoms with van der Waals surface area (Å²) in [5.74, 6) is 0.488. The number of nitrogens with one attached hydrogen (secondary N) is 1. The maximum atomic E-state index is 13.5. The van der Waals surface area contributed by atoms with Crippen molar-refractivity contribution in [1.82, 2.24) is 20.0 Å².